The molecule has 0 aromatic carbocycles. The highest BCUT2D eigenvalue weighted by Gasteiger charge is 2.30. The number of hydrogen-bond acceptors (Lipinski definition) is 5. The van der Waals surface area contributed by atoms with E-state index in [1.807, 2.05) is 5.38 Å². The topological polar surface area (TPSA) is 71.2 Å². The highest BCUT2D eigenvalue weighted by atomic mass is 35.5. The van der Waals surface area contributed by atoms with Crippen molar-refractivity contribution in [3.63, 3.8) is 0 Å². The Morgan fingerprint density at radius 2 is 2.21 bits per heavy atom. The van der Waals surface area contributed by atoms with E-state index in [0.717, 1.165) is 30.4 Å². The first-order valence-electron chi connectivity index (χ1n) is 8.10. The maximum atomic E-state index is 12.2. The number of likely N-dealkylation sites (tertiary alicyclic amines) is 1. The lowest BCUT2D eigenvalue weighted by Crippen LogP contribution is -2.54. The maximum Gasteiger partial charge on any atom is 0.270 e. The van der Waals surface area contributed by atoms with E-state index in [-0.39, 0.29) is 36.3 Å². The summed E-state index contributed by atoms with van der Waals surface area (Å²) in [5, 5.41) is 5.78. The molecule has 0 bridgehead atoms. The highest BCUT2D eigenvalue weighted by molar-refractivity contribution is 7.09. The molecule has 5 nitrogen and oxygen atoms in total. The van der Waals surface area contributed by atoms with Crippen molar-refractivity contribution < 1.29 is 4.79 Å². The molecule has 3 N–H and O–H groups in total. The Balaban J connectivity index is 0.00000264. The van der Waals surface area contributed by atoms with Crippen LogP contribution < -0.4 is 11.1 Å². The van der Waals surface area contributed by atoms with Crippen LogP contribution in [0.15, 0.2) is 5.38 Å². The van der Waals surface area contributed by atoms with Gasteiger partial charge in [0.05, 0.1) is 5.01 Å². The van der Waals surface area contributed by atoms with Gasteiger partial charge in [-0.25, -0.2) is 4.98 Å². The number of carbonyl (C=O) groups is 1. The second-order valence-corrected chi connectivity index (χ2v) is 7.80. The van der Waals surface area contributed by atoms with E-state index in [1.54, 1.807) is 0 Å². The first-order chi connectivity index (χ1) is 10.4. The van der Waals surface area contributed by atoms with Crippen molar-refractivity contribution in [3.05, 3.63) is 16.1 Å². The zero-order chi connectivity index (χ0) is 16.2. The molecule has 2 rings (SSSR count). The van der Waals surface area contributed by atoms with Gasteiger partial charge in [0.15, 0.2) is 0 Å². The summed E-state index contributed by atoms with van der Waals surface area (Å²) >= 11 is 1.50. The third-order valence-corrected chi connectivity index (χ3v) is 5.25. The molecule has 8 heteroatoms. The highest BCUT2D eigenvalue weighted by Crippen LogP contribution is 2.23. The van der Waals surface area contributed by atoms with Crippen LogP contribution in [0.4, 0.5) is 0 Å². The van der Waals surface area contributed by atoms with E-state index >= 15 is 0 Å². The minimum Gasteiger partial charge on any atom is -0.349 e. The molecule has 0 spiro atoms. The summed E-state index contributed by atoms with van der Waals surface area (Å²) < 4.78 is 0. The zero-order valence-corrected chi connectivity index (χ0v) is 17.2. The predicted octanol–water partition coefficient (Wildman–Crippen LogP) is 2.73. The summed E-state index contributed by atoms with van der Waals surface area (Å²) in [6, 6.07) is 0. The Kier molecular flexibility index (Phi) is 10.4. The molecule has 0 saturated carbocycles. The fourth-order valence-corrected chi connectivity index (χ4v) is 3.69. The molecule has 1 saturated heterocycles. The van der Waals surface area contributed by atoms with Gasteiger partial charge in [0.1, 0.15) is 5.69 Å². The van der Waals surface area contributed by atoms with Crippen molar-refractivity contribution in [1.29, 1.82) is 0 Å². The Labute approximate surface area is 161 Å². The van der Waals surface area contributed by atoms with Crippen LogP contribution in [0, 0.1) is 5.92 Å². The Morgan fingerprint density at radius 1 is 1.50 bits per heavy atom. The molecule has 1 unspecified atom stereocenters. The first-order valence-corrected chi connectivity index (χ1v) is 8.98. The largest absolute Gasteiger partial charge is 0.349 e. The summed E-state index contributed by atoms with van der Waals surface area (Å²) in [7, 11) is 0. The van der Waals surface area contributed by atoms with Crippen LogP contribution in [0.1, 0.15) is 49.1 Å². The molecule has 140 valence electrons. The fourth-order valence-electron chi connectivity index (χ4n) is 2.89. The lowest BCUT2D eigenvalue weighted by atomic mass is 9.93. The van der Waals surface area contributed by atoms with E-state index in [2.05, 4.69) is 36.0 Å². The number of piperidine rings is 1. The summed E-state index contributed by atoms with van der Waals surface area (Å²) in [4.78, 5) is 19.1. The van der Waals surface area contributed by atoms with Crippen LogP contribution in [0.5, 0.6) is 0 Å². The van der Waals surface area contributed by atoms with Crippen LogP contribution in [-0.4, -0.2) is 47.5 Å². The molecule has 1 aliphatic heterocycles. The van der Waals surface area contributed by atoms with Gasteiger partial charge in [-0.3, -0.25) is 9.69 Å². The van der Waals surface area contributed by atoms with E-state index < -0.39 is 0 Å². The molecular formula is C16H30Cl2N4OS. The molecule has 1 fully saturated rings. The van der Waals surface area contributed by atoms with E-state index in [1.165, 1.54) is 24.2 Å². The van der Waals surface area contributed by atoms with Crippen molar-refractivity contribution in [2.24, 2.45) is 11.7 Å². The average molecular weight is 397 g/mol. The van der Waals surface area contributed by atoms with Gasteiger partial charge in [0, 0.05) is 30.4 Å². The summed E-state index contributed by atoms with van der Waals surface area (Å²) in [6.07, 6.45) is 3.28. The molecular weight excluding hydrogens is 367 g/mol. The molecule has 1 aromatic heterocycles. The number of amides is 1. The third-order valence-electron chi connectivity index (χ3n) is 4.34. The molecule has 1 aromatic rings. The Bertz CT molecular complexity index is 510. The lowest BCUT2D eigenvalue weighted by Gasteiger charge is -2.43. The maximum absolute atomic E-state index is 12.2. The van der Waals surface area contributed by atoms with Crippen LogP contribution >= 0.6 is 36.2 Å². The van der Waals surface area contributed by atoms with Crippen LogP contribution in [0.2, 0.25) is 0 Å². The van der Waals surface area contributed by atoms with Gasteiger partial charge in [0.2, 0.25) is 0 Å². The Morgan fingerprint density at radius 3 is 2.83 bits per heavy atom. The number of hydrogen-bond donors (Lipinski definition) is 2. The molecule has 0 radical (unpaired) electrons. The second kappa shape index (κ2) is 10.6. The SMILES string of the molecule is CC1CCCN(C(C)(C)CNC(=O)c2csc(CCN)n2)C1.Cl.Cl. The van der Waals surface area contributed by atoms with Gasteiger partial charge in [-0.15, -0.1) is 36.2 Å². The molecule has 1 amide bonds. The van der Waals surface area contributed by atoms with Gasteiger partial charge in [0.25, 0.3) is 5.91 Å². The molecule has 0 aliphatic carbocycles. The number of rotatable bonds is 6. The fraction of sp³-hybridized carbons (Fsp3) is 0.750. The van der Waals surface area contributed by atoms with Crippen LogP contribution in [0.3, 0.4) is 0 Å². The lowest BCUT2D eigenvalue weighted by molar-refractivity contribution is 0.0656. The monoisotopic (exact) mass is 396 g/mol. The second-order valence-electron chi connectivity index (χ2n) is 6.85. The van der Waals surface area contributed by atoms with E-state index in [9.17, 15) is 4.79 Å². The first kappa shape index (κ1) is 23.6. The summed E-state index contributed by atoms with van der Waals surface area (Å²) in [5.41, 5.74) is 6.00. The van der Waals surface area contributed by atoms with Crippen molar-refractivity contribution in [3.8, 4) is 0 Å². The summed E-state index contributed by atoms with van der Waals surface area (Å²) in [5.74, 6) is 0.652. The number of thiazole rings is 1. The van der Waals surface area contributed by atoms with Gasteiger partial charge < -0.3 is 11.1 Å². The minimum absolute atomic E-state index is 0. The number of nitrogens with one attached hydrogen (secondary N) is 1. The molecule has 2 heterocycles. The smallest absolute Gasteiger partial charge is 0.270 e. The third kappa shape index (κ3) is 6.48. The Hall–Kier alpha value is -0.400. The zero-order valence-electron chi connectivity index (χ0n) is 14.7. The number of halogens is 2. The van der Waals surface area contributed by atoms with Crippen molar-refractivity contribution >= 4 is 42.1 Å². The van der Waals surface area contributed by atoms with Gasteiger partial charge in [-0.05, 0) is 45.7 Å². The number of nitrogens with zero attached hydrogens (tertiary/aromatic N) is 2. The number of carbonyl (C=O) groups excluding carboxylic acids is 1. The standard InChI is InChI=1S/C16H28N4OS.2ClH/c1-12-5-4-8-20(9-12)16(2,3)11-18-15(21)13-10-22-14(19-13)6-7-17;;/h10,12H,4-9,11,17H2,1-3H3,(H,18,21);2*1H. The van der Waals surface area contributed by atoms with Crippen molar-refractivity contribution in [1.82, 2.24) is 15.2 Å². The van der Waals surface area contributed by atoms with Gasteiger partial charge in [-0.2, -0.15) is 0 Å². The van der Waals surface area contributed by atoms with Crippen LogP contribution in [0.25, 0.3) is 0 Å². The quantitative estimate of drug-likeness (QED) is 0.774. The predicted molar refractivity (Wildman–Crippen MR) is 106 cm³/mol. The molecule has 1 atom stereocenters. The normalized spacial score (nSPS) is 18.4. The van der Waals surface area contributed by atoms with E-state index in [4.69, 9.17) is 5.73 Å². The van der Waals surface area contributed by atoms with Gasteiger partial charge in [-0.1, -0.05) is 6.92 Å². The van der Waals surface area contributed by atoms with Crippen molar-refractivity contribution in [2.75, 3.05) is 26.2 Å². The molecule has 24 heavy (non-hydrogen) atoms. The average Bonchev–Trinajstić information content (AvgIpc) is 2.94. The van der Waals surface area contributed by atoms with Crippen LogP contribution in [-0.2, 0) is 6.42 Å². The van der Waals surface area contributed by atoms with Gasteiger partial charge >= 0.3 is 0 Å². The van der Waals surface area contributed by atoms with Crippen molar-refractivity contribution in [2.45, 2.75) is 45.6 Å². The number of aromatic nitrogens is 1. The minimum atomic E-state index is -0.0855. The number of nitrogens with two attached hydrogens (primary N) is 1. The summed E-state index contributed by atoms with van der Waals surface area (Å²) in [6.45, 7) is 10.1. The molecule has 1 aliphatic rings. The van der Waals surface area contributed by atoms with E-state index in [0.29, 0.717) is 18.8 Å².